The summed E-state index contributed by atoms with van der Waals surface area (Å²) < 4.78 is 10.2. The topological polar surface area (TPSA) is 112 Å². The average Bonchev–Trinajstić information content (AvgIpc) is 1.83. The fourth-order valence-corrected chi connectivity index (χ4v) is 1.29. The minimum absolute atomic E-state index is 0.517. The molecule has 6 nitrogen and oxygen atoms in total. The third kappa shape index (κ3) is 4.76. The van der Waals surface area contributed by atoms with E-state index in [9.17, 15) is 14.2 Å². The van der Waals surface area contributed by atoms with Crippen LogP contribution in [0.3, 0.4) is 0 Å². The van der Waals surface area contributed by atoms with Gasteiger partial charge in [0.1, 0.15) is 5.92 Å². The standard InChI is InChI=1S/C5H7O6P/c6-4(7)1-3(5(8)9)2-12(10)11/h3H,1-2H2,(H2-,6,7,8,9,10,11)/p+1. The molecule has 0 aromatic carbocycles. The first kappa shape index (κ1) is 11.0. The summed E-state index contributed by atoms with van der Waals surface area (Å²) in [6.07, 6.45) is -1.14. The van der Waals surface area contributed by atoms with Crippen LogP contribution in [0.25, 0.3) is 0 Å². The number of carboxylic acid groups (broad SMARTS) is 2. The number of rotatable bonds is 5. The van der Waals surface area contributed by atoms with Crippen LogP contribution < -0.4 is 0 Å². The van der Waals surface area contributed by atoms with Crippen molar-refractivity contribution in [2.75, 3.05) is 6.16 Å². The molecule has 7 heteroatoms. The lowest BCUT2D eigenvalue weighted by Gasteiger charge is -2.00. The molecule has 0 bridgehead atoms. The minimum Gasteiger partial charge on any atom is -0.481 e. The quantitative estimate of drug-likeness (QED) is 0.528. The summed E-state index contributed by atoms with van der Waals surface area (Å²) in [5, 5.41) is 16.6. The second-order valence-electron chi connectivity index (χ2n) is 2.17. The van der Waals surface area contributed by atoms with Gasteiger partial charge >= 0.3 is 20.0 Å². The van der Waals surface area contributed by atoms with Crippen LogP contribution in [-0.2, 0) is 14.2 Å². The predicted molar refractivity (Wildman–Crippen MR) is 38.1 cm³/mol. The van der Waals surface area contributed by atoms with Gasteiger partial charge in [-0.05, 0) is 4.57 Å². The summed E-state index contributed by atoms with van der Waals surface area (Å²) in [4.78, 5) is 28.7. The Morgan fingerprint density at radius 1 is 1.33 bits per heavy atom. The summed E-state index contributed by atoms with van der Waals surface area (Å²) >= 11 is 0. The Bertz CT molecular complexity index is 196. The van der Waals surface area contributed by atoms with Gasteiger partial charge in [-0.1, -0.05) is 0 Å². The van der Waals surface area contributed by atoms with Gasteiger partial charge < -0.3 is 10.2 Å². The lowest BCUT2D eigenvalue weighted by Crippen LogP contribution is -2.19. The second-order valence-corrected chi connectivity index (χ2v) is 3.24. The Labute approximate surface area is 68.7 Å². The fourth-order valence-electron chi connectivity index (χ4n) is 0.629. The van der Waals surface area contributed by atoms with Crippen molar-refractivity contribution in [2.24, 2.45) is 5.92 Å². The van der Waals surface area contributed by atoms with Crippen molar-refractivity contribution in [3.05, 3.63) is 0 Å². The van der Waals surface area contributed by atoms with E-state index < -0.39 is 38.5 Å². The van der Waals surface area contributed by atoms with Crippen LogP contribution in [0.2, 0.25) is 0 Å². The van der Waals surface area contributed by atoms with Gasteiger partial charge in [0, 0.05) is 0 Å². The van der Waals surface area contributed by atoms with Gasteiger partial charge in [0.05, 0.1) is 6.42 Å². The molecule has 0 aliphatic heterocycles. The van der Waals surface area contributed by atoms with E-state index >= 15 is 0 Å². The van der Waals surface area contributed by atoms with E-state index in [4.69, 9.17) is 15.1 Å². The summed E-state index contributed by atoms with van der Waals surface area (Å²) in [6.45, 7) is 0. The Morgan fingerprint density at radius 2 is 1.83 bits per heavy atom. The largest absolute Gasteiger partial charge is 0.506 e. The van der Waals surface area contributed by atoms with Crippen LogP contribution in [0.5, 0.6) is 0 Å². The van der Waals surface area contributed by atoms with Crippen molar-refractivity contribution in [1.29, 1.82) is 0 Å². The van der Waals surface area contributed by atoms with Crippen LogP contribution >= 0.6 is 8.03 Å². The molecule has 68 valence electrons. The van der Waals surface area contributed by atoms with Gasteiger partial charge in [0.2, 0.25) is 0 Å². The molecule has 0 aromatic heterocycles. The molecule has 0 radical (unpaired) electrons. The fraction of sp³-hybridized carbons (Fsp3) is 0.600. The van der Waals surface area contributed by atoms with Crippen molar-refractivity contribution < 1.29 is 29.3 Å². The Balaban J connectivity index is 4.14. The molecular formula is C5H8O6P+. The first-order valence-electron chi connectivity index (χ1n) is 3.01. The van der Waals surface area contributed by atoms with E-state index in [1.54, 1.807) is 0 Å². The predicted octanol–water partition coefficient (Wildman–Crippen LogP) is -0.103. The van der Waals surface area contributed by atoms with E-state index in [-0.39, 0.29) is 0 Å². The van der Waals surface area contributed by atoms with E-state index in [1.165, 1.54) is 0 Å². The molecule has 0 spiro atoms. The number of hydrogen-bond acceptors (Lipinski definition) is 3. The normalized spacial score (nSPS) is 13.6. The smallest absolute Gasteiger partial charge is 0.481 e. The van der Waals surface area contributed by atoms with Crippen LogP contribution in [-0.4, -0.2) is 33.2 Å². The van der Waals surface area contributed by atoms with E-state index in [0.717, 1.165) is 0 Å². The maximum Gasteiger partial charge on any atom is 0.506 e. The first-order valence-corrected chi connectivity index (χ1v) is 4.41. The molecule has 0 aliphatic carbocycles. The Hall–Kier alpha value is -1.00. The van der Waals surface area contributed by atoms with Crippen LogP contribution in [0.4, 0.5) is 0 Å². The zero-order chi connectivity index (χ0) is 9.72. The van der Waals surface area contributed by atoms with Gasteiger partial charge in [-0.3, -0.25) is 9.59 Å². The van der Waals surface area contributed by atoms with Crippen LogP contribution in [0, 0.1) is 5.92 Å². The van der Waals surface area contributed by atoms with E-state index in [2.05, 4.69) is 0 Å². The molecule has 3 N–H and O–H groups in total. The maximum absolute atomic E-state index is 10.3. The molecule has 0 heterocycles. The number of aliphatic carboxylic acids is 2. The Morgan fingerprint density at radius 3 is 2.08 bits per heavy atom. The summed E-state index contributed by atoms with van der Waals surface area (Å²) in [5.41, 5.74) is 0. The number of carbonyl (C=O) groups is 2. The molecule has 0 saturated heterocycles. The van der Waals surface area contributed by atoms with Crippen molar-refractivity contribution >= 4 is 20.0 Å². The molecular weight excluding hydrogens is 187 g/mol. The molecule has 0 aliphatic rings. The summed E-state index contributed by atoms with van der Waals surface area (Å²) in [6, 6.07) is 0. The van der Waals surface area contributed by atoms with Gasteiger partial charge in [0.15, 0.2) is 6.16 Å². The SMILES string of the molecule is O=C(O)CC(C[P+](=O)O)C(=O)O. The zero-order valence-corrected chi connectivity index (χ0v) is 6.90. The highest BCUT2D eigenvalue weighted by atomic mass is 31.1. The van der Waals surface area contributed by atoms with Gasteiger partial charge in [-0.15, -0.1) is 0 Å². The van der Waals surface area contributed by atoms with Crippen LogP contribution in [0.1, 0.15) is 6.42 Å². The third-order valence-corrected chi connectivity index (χ3v) is 1.90. The molecule has 0 rings (SSSR count). The molecule has 12 heavy (non-hydrogen) atoms. The van der Waals surface area contributed by atoms with Crippen molar-refractivity contribution in [3.8, 4) is 0 Å². The summed E-state index contributed by atoms with van der Waals surface area (Å²) in [5.74, 6) is -3.94. The maximum atomic E-state index is 10.3. The zero-order valence-electron chi connectivity index (χ0n) is 6.01. The van der Waals surface area contributed by atoms with Crippen molar-refractivity contribution in [1.82, 2.24) is 0 Å². The van der Waals surface area contributed by atoms with Gasteiger partial charge in [0.25, 0.3) is 0 Å². The molecule has 0 amide bonds. The number of hydrogen-bond donors (Lipinski definition) is 3. The minimum atomic E-state index is -2.60. The third-order valence-electron chi connectivity index (χ3n) is 1.15. The van der Waals surface area contributed by atoms with Gasteiger partial charge in [-0.25, -0.2) is 0 Å². The van der Waals surface area contributed by atoms with E-state index in [1.807, 2.05) is 0 Å². The summed E-state index contributed by atoms with van der Waals surface area (Å²) in [7, 11) is -2.60. The van der Waals surface area contributed by atoms with E-state index in [0.29, 0.717) is 0 Å². The molecule has 2 atom stereocenters. The molecule has 0 aromatic rings. The average molecular weight is 195 g/mol. The molecule has 0 saturated carbocycles. The number of carboxylic acids is 2. The lowest BCUT2D eigenvalue weighted by molar-refractivity contribution is -0.147. The molecule has 2 unspecified atom stereocenters. The highest BCUT2D eigenvalue weighted by molar-refractivity contribution is 7.38. The lowest BCUT2D eigenvalue weighted by atomic mass is 10.1. The Kier molecular flexibility index (Phi) is 4.39. The first-order chi connectivity index (χ1) is 5.43. The van der Waals surface area contributed by atoms with Gasteiger partial charge in [-0.2, -0.15) is 4.89 Å². The monoisotopic (exact) mass is 195 g/mol. The molecule has 0 fully saturated rings. The van der Waals surface area contributed by atoms with Crippen molar-refractivity contribution in [2.45, 2.75) is 6.42 Å². The highest BCUT2D eigenvalue weighted by Gasteiger charge is 2.29. The highest BCUT2D eigenvalue weighted by Crippen LogP contribution is 2.20. The van der Waals surface area contributed by atoms with Crippen molar-refractivity contribution in [3.63, 3.8) is 0 Å². The second kappa shape index (κ2) is 4.79. The van der Waals surface area contributed by atoms with Crippen LogP contribution in [0.15, 0.2) is 0 Å².